The Morgan fingerprint density at radius 2 is 1.83 bits per heavy atom. The first-order chi connectivity index (χ1) is 13.6. The maximum Gasteiger partial charge on any atom is 0.246 e. The molecule has 1 aromatic carbocycles. The molecule has 0 aliphatic carbocycles. The summed E-state index contributed by atoms with van der Waals surface area (Å²) in [4.78, 5) is 12.4. The molecule has 160 valence electrons. The van der Waals surface area contributed by atoms with Crippen LogP contribution in [-0.4, -0.2) is 63.3 Å². The monoisotopic (exact) mass is 424 g/mol. The fraction of sp³-hybridized carbons (Fsp3) is 0.474. The second-order valence-corrected chi connectivity index (χ2v) is 8.82. The van der Waals surface area contributed by atoms with Crippen LogP contribution < -0.4 is 14.8 Å². The normalized spacial score (nSPS) is 11.6. The first kappa shape index (κ1) is 22.7. The van der Waals surface area contributed by atoms with Gasteiger partial charge >= 0.3 is 0 Å². The molecule has 2 aromatic rings. The second-order valence-electron chi connectivity index (χ2n) is 6.73. The van der Waals surface area contributed by atoms with Gasteiger partial charge < -0.3 is 14.8 Å². The third kappa shape index (κ3) is 5.07. The standard InChI is InChI=1S/C19H28N4O5S/c1-13-19(29(25,26)22(3)4)14(2)23(21-13)12-18(24)20-10-9-15-7-8-16(27-5)17(11-15)28-6/h7-8,11H,9-10,12H2,1-6H3,(H,20,24). The zero-order valence-electron chi connectivity index (χ0n) is 17.6. The summed E-state index contributed by atoms with van der Waals surface area (Å²) >= 11 is 0. The molecular weight excluding hydrogens is 396 g/mol. The van der Waals surface area contributed by atoms with Crippen molar-refractivity contribution >= 4 is 15.9 Å². The minimum atomic E-state index is -3.62. The van der Waals surface area contributed by atoms with Gasteiger partial charge in [-0.3, -0.25) is 9.48 Å². The molecule has 0 saturated carbocycles. The van der Waals surface area contributed by atoms with E-state index >= 15 is 0 Å². The van der Waals surface area contributed by atoms with E-state index in [4.69, 9.17) is 9.47 Å². The van der Waals surface area contributed by atoms with Crippen LogP contribution in [0.4, 0.5) is 0 Å². The predicted octanol–water partition coefficient (Wildman–Crippen LogP) is 1.13. The zero-order chi connectivity index (χ0) is 21.8. The van der Waals surface area contributed by atoms with Gasteiger partial charge in [-0.1, -0.05) is 6.07 Å². The van der Waals surface area contributed by atoms with Crippen molar-refractivity contribution in [3.05, 3.63) is 35.2 Å². The summed E-state index contributed by atoms with van der Waals surface area (Å²) in [6.07, 6.45) is 0.615. The number of rotatable bonds is 9. The van der Waals surface area contributed by atoms with Gasteiger partial charge in [0, 0.05) is 20.6 Å². The van der Waals surface area contributed by atoms with Gasteiger partial charge in [-0.25, -0.2) is 12.7 Å². The summed E-state index contributed by atoms with van der Waals surface area (Å²) in [5.41, 5.74) is 1.80. The second kappa shape index (κ2) is 9.27. The van der Waals surface area contributed by atoms with E-state index in [9.17, 15) is 13.2 Å². The Hall–Kier alpha value is -2.59. The van der Waals surface area contributed by atoms with Crippen LogP contribution >= 0.6 is 0 Å². The third-order valence-corrected chi connectivity index (χ3v) is 6.60. The highest BCUT2D eigenvalue weighted by atomic mass is 32.2. The van der Waals surface area contributed by atoms with Crippen molar-refractivity contribution in [2.24, 2.45) is 0 Å². The van der Waals surface area contributed by atoms with Crippen LogP contribution in [0.1, 0.15) is 17.0 Å². The summed E-state index contributed by atoms with van der Waals surface area (Å²) in [5.74, 6) is 1.03. The van der Waals surface area contributed by atoms with Crippen molar-refractivity contribution in [1.29, 1.82) is 0 Å². The molecule has 0 aliphatic heterocycles. The smallest absolute Gasteiger partial charge is 0.246 e. The van der Waals surface area contributed by atoms with Crippen LogP contribution in [0.5, 0.6) is 11.5 Å². The Morgan fingerprint density at radius 1 is 1.17 bits per heavy atom. The summed E-state index contributed by atoms with van der Waals surface area (Å²) in [6.45, 7) is 3.64. The summed E-state index contributed by atoms with van der Waals surface area (Å²) in [6, 6.07) is 5.59. The number of carbonyl (C=O) groups is 1. The van der Waals surface area contributed by atoms with Crippen molar-refractivity contribution in [1.82, 2.24) is 19.4 Å². The SMILES string of the molecule is COc1ccc(CCNC(=O)Cn2nc(C)c(S(=O)(=O)N(C)C)c2C)cc1OC. The molecule has 0 fully saturated rings. The van der Waals surface area contributed by atoms with Gasteiger partial charge in [-0.05, 0) is 38.0 Å². The summed E-state index contributed by atoms with van der Waals surface area (Å²) < 4.78 is 37.9. The van der Waals surface area contributed by atoms with Gasteiger partial charge in [0.05, 0.1) is 25.6 Å². The van der Waals surface area contributed by atoms with Crippen LogP contribution in [0.15, 0.2) is 23.1 Å². The van der Waals surface area contributed by atoms with E-state index in [2.05, 4.69) is 10.4 Å². The fourth-order valence-electron chi connectivity index (χ4n) is 2.96. The topological polar surface area (TPSA) is 103 Å². The number of nitrogens with one attached hydrogen (secondary N) is 1. The van der Waals surface area contributed by atoms with Gasteiger partial charge in [0.2, 0.25) is 15.9 Å². The van der Waals surface area contributed by atoms with Crippen molar-refractivity contribution in [2.75, 3.05) is 34.9 Å². The first-order valence-electron chi connectivity index (χ1n) is 9.06. The number of benzene rings is 1. The van der Waals surface area contributed by atoms with Crippen LogP contribution in [0.3, 0.4) is 0 Å². The van der Waals surface area contributed by atoms with Crippen molar-refractivity contribution in [2.45, 2.75) is 31.7 Å². The van der Waals surface area contributed by atoms with E-state index < -0.39 is 10.0 Å². The Bertz CT molecular complexity index is 983. The van der Waals surface area contributed by atoms with Gasteiger partial charge in [-0.2, -0.15) is 5.10 Å². The number of hydrogen-bond acceptors (Lipinski definition) is 6. The molecule has 1 amide bonds. The van der Waals surface area contributed by atoms with Crippen LogP contribution in [0, 0.1) is 13.8 Å². The van der Waals surface area contributed by atoms with Crippen LogP contribution in [0.25, 0.3) is 0 Å². The highest BCUT2D eigenvalue weighted by Gasteiger charge is 2.27. The summed E-state index contributed by atoms with van der Waals surface area (Å²) in [7, 11) is 2.45. The van der Waals surface area contributed by atoms with Crippen molar-refractivity contribution in [3.63, 3.8) is 0 Å². The zero-order valence-corrected chi connectivity index (χ0v) is 18.5. The minimum Gasteiger partial charge on any atom is -0.493 e. The Balaban J connectivity index is 2.00. The average molecular weight is 425 g/mol. The largest absolute Gasteiger partial charge is 0.493 e. The van der Waals surface area contributed by atoms with E-state index in [-0.39, 0.29) is 17.3 Å². The Kier molecular flexibility index (Phi) is 7.26. The highest BCUT2D eigenvalue weighted by molar-refractivity contribution is 7.89. The van der Waals surface area contributed by atoms with Gasteiger partial charge in [0.15, 0.2) is 11.5 Å². The summed E-state index contributed by atoms with van der Waals surface area (Å²) in [5, 5.41) is 7.06. The number of aromatic nitrogens is 2. The molecule has 1 aromatic heterocycles. The van der Waals surface area contributed by atoms with E-state index in [0.717, 1.165) is 9.87 Å². The number of carbonyl (C=O) groups excluding carboxylic acids is 1. The Morgan fingerprint density at radius 3 is 2.41 bits per heavy atom. The molecule has 2 rings (SSSR count). The fourth-order valence-corrected chi connectivity index (χ4v) is 4.22. The molecule has 1 heterocycles. The molecule has 1 N–H and O–H groups in total. The van der Waals surface area contributed by atoms with E-state index in [1.165, 1.54) is 18.8 Å². The van der Waals surface area contributed by atoms with E-state index in [1.54, 1.807) is 28.1 Å². The molecule has 0 spiro atoms. The maximum atomic E-state index is 12.5. The Labute approximate surface area is 171 Å². The lowest BCUT2D eigenvalue weighted by Crippen LogP contribution is -2.30. The van der Waals surface area contributed by atoms with E-state index in [0.29, 0.717) is 35.9 Å². The number of ether oxygens (including phenoxy) is 2. The van der Waals surface area contributed by atoms with Gasteiger partial charge in [0.1, 0.15) is 11.4 Å². The quantitative estimate of drug-likeness (QED) is 0.647. The van der Waals surface area contributed by atoms with Crippen molar-refractivity contribution < 1.29 is 22.7 Å². The maximum absolute atomic E-state index is 12.5. The number of nitrogens with zero attached hydrogens (tertiary/aromatic N) is 3. The molecule has 29 heavy (non-hydrogen) atoms. The molecule has 9 nitrogen and oxygen atoms in total. The number of methoxy groups -OCH3 is 2. The lowest BCUT2D eigenvalue weighted by molar-refractivity contribution is -0.121. The lowest BCUT2D eigenvalue weighted by atomic mass is 10.1. The molecule has 0 radical (unpaired) electrons. The van der Waals surface area contributed by atoms with Gasteiger partial charge in [0.25, 0.3) is 0 Å². The van der Waals surface area contributed by atoms with Crippen LogP contribution in [0.2, 0.25) is 0 Å². The highest BCUT2D eigenvalue weighted by Crippen LogP contribution is 2.27. The van der Waals surface area contributed by atoms with Gasteiger partial charge in [-0.15, -0.1) is 0 Å². The number of sulfonamides is 1. The minimum absolute atomic E-state index is 0.0540. The molecule has 0 unspecified atom stereocenters. The number of amides is 1. The van der Waals surface area contributed by atoms with E-state index in [1.807, 2.05) is 18.2 Å². The average Bonchev–Trinajstić information content (AvgIpc) is 2.94. The molecule has 0 bridgehead atoms. The predicted molar refractivity (Wildman–Crippen MR) is 109 cm³/mol. The molecule has 0 saturated heterocycles. The third-order valence-electron chi connectivity index (χ3n) is 4.53. The molecular formula is C19H28N4O5S. The lowest BCUT2D eigenvalue weighted by Gasteiger charge is -2.12. The van der Waals surface area contributed by atoms with Crippen LogP contribution in [-0.2, 0) is 27.8 Å². The number of hydrogen-bond donors (Lipinski definition) is 1. The van der Waals surface area contributed by atoms with Crippen molar-refractivity contribution in [3.8, 4) is 11.5 Å². The number of aryl methyl sites for hydroxylation is 1. The molecule has 0 atom stereocenters. The molecule has 10 heteroatoms. The first-order valence-corrected chi connectivity index (χ1v) is 10.5. The molecule has 0 aliphatic rings.